The van der Waals surface area contributed by atoms with Gasteiger partial charge in [0.2, 0.25) is 0 Å². The molecule has 2 aromatic rings. The number of aldehydes is 1. The van der Waals surface area contributed by atoms with Gasteiger partial charge in [0.05, 0.1) is 35.1 Å². The van der Waals surface area contributed by atoms with Gasteiger partial charge in [0, 0.05) is 0 Å². The first-order chi connectivity index (χ1) is 9.53. The van der Waals surface area contributed by atoms with Crippen molar-refractivity contribution in [1.29, 1.82) is 0 Å². The number of para-hydroxylation sites is 2. The molecule has 1 aliphatic heterocycles. The van der Waals surface area contributed by atoms with Crippen molar-refractivity contribution in [2.45, 2.75) is 19.0 Å². The second-order valence-electron chi connectivity index (χ2n) is 4.98. The average molecular weight is 294 g/mol. The van der Waals surface area contributed by atoms with Gasteiger partial charge in [-0.15, -0.1) is 0 Å². The molecule has 0 radical (unpaired) electrons. The van der Waals surface area contributed by atoms with Crippen molar-refractivity contribution in [2.24, 2.45) is 0 Å². The fourth-order valence-electron chi connectivity index (χ4n) is 2.82. The van der Waals surface area contributed by atoms with E-state index in [-0.39, 0.29) is 29.8 Å². The summed E-state index contributed by atoms with van der Waals surface area (Å²) in [6.07, 6.45) is 1.11. The molecular formula is C13H14N2O4S. The van der Waals surface area contributed by atoms with Gasteiger partial charge in [0.25, 0.3) is 0 Å². The number of carbonyl (C=O) groups is 1. The molecular weight excluding hydrogens is 280 g/mol. The first-order valence-electron chi connectivity index (χ1n) is 6.37. The number of imidazole rings is 1. The normalized spacial score (nSPS) is 21.3. The number of rotatable bonds is 3. The largest absolute Gasteiger partial charge is 0.329 e. The number of aromatic nitrogens is 2. The SMILES string of the molecule is O=CCn1c(=O)n(C2CCS(=O)(=O)C2)c2ccccc21. The van der Waals surface area contributed by atoms with E-state index in [0.717, 1.165) is 0 Å². The van der Waals surface area contributed by atoms with Gasteiger partial charge in [-0.1, -0.05) is 12.1 Å². The molecule has 1 saturated heterocycles. The number of carbonyl (C=O) groups excluding carboxylic acids is 1. The Kier molecular flexibility index (Phi) is 3.01. The van der Waals surface area contributed by atoms with E-state index in [4.69, 9.17) is 0 Å². The van der Waals surface area contributed by atoms with E-state index in [9.17, 15) is 18.0 Å². The topological polar surface area (TPSA) is 78.1 Å². The van der Waals surface area contributed by atoms with E-state index in [2.05, 4.69) is 0 Å². The maximum atomic E-state index is 12.4. The summed E-state index contributed by atoms with van der Waals surface area (Å²) in [5.74, 6) is 0.0965. The van der Waals surface area contributed by atoms with Crippen molar-refractivity contribution < 1.29 is 13.2 Å². The Labute approximate surface area is 115 Å². The second kappa shape index (κ2) is 4.59. The molecule has 1 atom stereocenters. The minimum absolute atomic E-state index is 0.0119. The van der Waals surface area contributed by atoms with Crippen LogP contribution in [0, 0.1) is 0 Å². The third-order valence-corrected chi connectivity index (χ3v) is 5.45. The standard InChI is InChI=1S/C13H14N2O4S/c16-7-6-14-11-3-1-2-4-12(11)15(13(14)17)10-5-8-20(18,19)9-10/h1-4,7,10H,5-6,8-9H2. The molecule has 0 spiro atoms. The van der Waals surface area contributed by atoms with Crippen molar-refractivity contribution >= 4 is 27.2 Å². The zero-order valence-corrected chi connectivity index (χ0v) is 11.5. The first-order valence-corrected chi connectivity index (χ1v) is 8.19. The molecule has 0 amide bonds. The van der Waals surface area contributed by atoms with Gasteiger partial charge < -0.3 is 4.79 Å². The quantitative estimate of drug-likeness (QED) is 0.766. The van der Waals surface area contributed by atoms with Crippen molar-refractivity contribution in [3.63, 3.8) is 0 Å². The van der Waals surface area contributed by atoms with Gasteiger partial charge in [0.1, 0.15) is 6.29 Å². The number of hydrogen-bond donors (Lipinski definition) is 0. The summed E-state index contributed by atoms with van der Waals surface area (Å²) in [6.45, 7) is -0.0220. The molecule has 3 rings (SSSR count). The number of nitrogens with zero attached hydrogens (tertiary/aromatic N) is 2. The Hall–Kier alpha value is -1.89. The molecule has 2 heterocycles. The molecule has 1 aromatic carbocycles. The lowest BCUT2D eigenvalue weighted by Gasteiger charge is -2.09. The molecule has 106 valence electrons. The van der Waals surface area contributed by atoms with Crippen LogP contribution in [0.1, 0.15) is 12.5 Å². The van der Waals surface area contributed by atoms with Gasteiger partial charge in [-0.05, 0) is 18.6 Å². The van der Waals surface area contributed by atoms with Crippen LogP contribution < -0.4 is 5.69 Å². The zero-order chi connectivity index (χ0) is 14.3. The average Bonchev–Trinajstić information content (AvgIpc) is 2.89. The van der Waals surface area contributed by atoms with Crippen molar-refractivity contribution in [1.82, 2.24) is 9.13 Å². The van der Waals surface area contributed by atoms with Gasteiger partial charge in [-0.2, -0.15) is 0 Å². The zero-order valence-electron chi connectivity index (χ0n) is 10.7. The predicted octanol–water partition coefficient (Wildman–Crippen LogP) is 0.361. The highest BCUT2D eigenvalue weighted by Gasteiger charge is 2.31. The Morgan fingerprint density at radius 1 is 1.25 bits per heavy atom. The first kappa shape index (κ1) is 13.1. The summed E-state index contributed by atoms with van der Waals surface area (Å²) < 4.78 is 26.1. The molecule has 7 heteroatoms. The van der Waals surface area contributed by atoms with Crippen LogP contribution in [0.4, 0.5) is 0 Å². The fourth-order valence-corrected chi connectivity index (χ4v) is 4.51. The number of sulfone groups is 1. The van der Waals surface area contributed by atoms with Crippen LogP contribution in [0.3, 0.4) is 0 Å². The van der Waals surface area contributed by atoms with Crippen LogP contribution in [0.15, 0.2) is 29.1 Å². The van der Waals surface area contributed by atoms with Crippen LogP contribution >= 0.6 is 0 Å². The highest BCUT2D eigenvalue weighted by atomic mass is 32.2. The van der Waals surface area contributed by atoms with E-state index < -0.39 is 9.84 Å². The molecule has 0 aliphatic carbocycles. The second-order valence-corrected chi connectivity index (χ2v) is 7.20. The molecule has 20 heavy (non-hydrogen) atoms. The lowest BCUT2D eigenvalue weighted by Crippen LogP contribution is -2.28. The highest BCUT2D eigenvalue weighted by molar-refractivity contribution is 7.91. The molecule has 1 fully saturated rings. The third-order valence-electron chi connectivity index (χ3n) is 3.70. The number of benzene rings is 1. The summed E-state index contributed by atoms with van der Waals surface area (Å²) in [7, 11) is -3.07. The smallest absolute Gasteiger partial charge is 0.301 e. The van der Waals surface area contributed by atoms with Crippen molar-refractivity contribution in [2.75, 3.05) is 11.5 Å². The van der Waals surface area contributed by atoms with Crippen LogP contribution in [0.5, 0.6) is 0 Å². The van der Waals surface area contributed by atoms with Gasteiger partial charge in [-0.3, -0.25) is 9.13 Å². The maximum absolute atomic E-state index is 12.4. The Morgan fingerprint density at radius 3 is 2.55 bits per heavy atom. The molecule has 1 unspecified atom stereocenters. The number of hydrogen-bond acceptors (Lipinski definition) is 4. The molecule has 1 aromatic heterocycles. The Balaban J connectivity index is 2.23. The predicted molar refractivity (Wildman–Crippen MR) is 74.6 cm³/mol. The minimum atomic E-state index is -3.07. The van der Waals surface area contributed by atoms with E-state index in [1.165, 1.54) is 9.13 Å². The van der Waals surface area contributed by atoms with E-state index >= 15 is 0 Å². The summed E-state index contributed by atoms with van der Waals surface area (Å²) in [5.41, 5.74) is 1.02. The summed E-state index contributed by atoms with van der Waals surface area (Å²) >= 11 is 0. The van der Waals surface area contributed by atoms with Crippen LogP contribution in [0.2, 0.25) is 0 Å². The van der Waals surface area contributed by atoms with Crippen LogP contribution in [-0.2, 0) is 21.2 Å². The van der Waals surface area contributed by atoms with Crippen LogP contribution in [0.25, 0.3) is 11.0 Å². The minimum Gasteiger partial charge on any atom is -0.301 e. The molecule has 1 aliphatic rings. The lowest BCUT2D eigenvalue weighted by molar-refractivity contribution is -0.108. The van der Waals surface area contributed by atoms with E-state index in [1.807, 2.05) is 0 Å². The summed E-state index contributed by atoms with van der Waals surface area (Å²) in [5, 5.41) is 0. The molecule has 6 nitrogen and oxygen atoms in total. The van der Waals surface area contributed by atoms with Gasteiger partial charge in [0.15, 0.2) is 9.84 Å². The van der Waals surface area contributed by atoms with Crippen molar-refractivity contribution in [3.05, 3.63) is 34.7 Å². The van der Waals surface area contributed by atoms with Gasteiger partial charge >= 0.3 is 5.69 Å². The highest BCUT2D eigenvalue weighted by Crippen LogP contribution is 2.26. The molecule has 0 bridgehead atoms. The fraction of sp³-hybridized carbons (Fsp3) is 0.385. The van der Waals surface area contributed by atoms with Crippen LogP contribution in [-0.4, -0.2) is 35.3 Å². The summed E-state index contributed by atoms with van der Waals surface area (Å²) in [4.78, 5) is 23.2. The van der Waals surface area contributed by atoms with Crippen molar-refractivity contribution in [3.8, 4) is 0 Å². The number of fused-ring (bicyclic) bond motifs is 1. The third kappa shape index (κ3) is 1.98. The Morgan fingerprint density at radius 2 is 1.95 bits per heavy atom. The van der Waals surface area contributed by atoms with Gasteiger partial charge in [-0.25, -0.2) is 13.2 Å². The maximum Gasteiger partial charge on any atom is 0.329 e. The Bertz CT molecular complexity index is 832. The monoisotopic (exact) mass is 294 g/mol. The lowest BCUT2D eigenvalue weighted by atomic mass is 10.2. The van der Waals surface area contributed by atoms with E-state index in [1.54, 1.807) is 24.3 Å². The molecule has 0 saturated carbocycles. The summed E-state index contributed by atoms with van der Waals surface area (Å²) in [6, 6.07) is 6.79. The van der Waals surface area contributed by atoms with E-state index in [0.29, 0.717) is 23.7 Å². The molecule has 0 N–H and O–H groups in total.